The van der Waals surface area contributed by atoms with Gasteiger partial charge in [-0.3, -0.25) is 4.79 Å². The Bertz CT molecular complexity index is 240. The van der Waals surface area contributed by atoms with Gasteiger partial charge in [0, 0.05) is 12.8 Å². The third-order valence-electron chi connectivity index (χ3n) is 3.31. The predicted molar refractivity (Wildman–Crippen MR) is 53.4 cm³/mol. The topological polar surface area (TPSA) is 17.1 Å². The van der Waals surface area contributed by atoms with Crippen molar-refractivity contribution in [3.05, 3.63) is 11.6 Å². The summed E-state index contributed by atoms with van der Waals surface area (Å²) in [5.41, 5.74) is 1.59. The van der Waals surface area contributed by atoms with Crippen molar-refractivity contribution in [2.24, 2.45) is 11.8 Å². The quantitative estimate of drug-likeness (QED) is 0.521. The van der Waals surface area contributed by atoms with Crippen molar-refractivity contribution >= 4 is 5.78 Å². The van der Waals surface area contributed by atoms with Gasteiger partial charge in [-0.25, -0.2) is 0 Å². The molecule has 2 aliphatic rings. The van der Waals surface area contributed by atoms with Gasteiger partial charge in [0.2, 0.25) is 0 Å². The molecule has 1 fully saturated rings. The molecule has 1 heteroatoms. The predicted octanol–water partition coefficient (Wildman–Crippen LogP) is 3.10. The third kappa shape index (κ3) is 2.01. The van der Waals surface area contributed by atoms with E-state index in [0.717, 1.165) is 12.8 Å². The zero-order valence-corrected chi connectivity index (χ0v) is 8.38. The minimum Gasteiger partial charge on any atom is -0.300 e. The molecule has 72 valence electrons. The maximum Gasteiger partial charge on any atom is 0.134 e. The first kappa shape index (κ1) is 8.98. The zero-order valence-electron chi connectivity index (χ0n) is 8.38. The maximum absolute atomic E-state index is 11.5. The fraction of sp³-hybridized carbons (Fsp3) is 0.750. The average Bonchev–Trinajstić information content (AvgIpc) is 2.20. The molecule has 0 radical (unpaired) electrons. The van der Waals surface area contributed by atoms with E-state index in [4.69, 9.17) is 0 Å². The van der Waals surface area contributed by atoms with Crippen LogP contribution in [0.1, 0.15) is 45.4 Å². The van der Waals surface area contributed by atoms with Crippen LogP contribution in [0.4, 0.5) is 0 Å². The highest BCUT2D eigenvalue weighted by molar-refractivity contribution is 5.80. The van der Waals surface area contributed by atoms with Gasteiger partial charge in [0.25, 0.3) is 0 Å². The van der Waals surface area contributed by atoms with Crippen LogP contribution in [0.25, 0.3) is 0 Å². The summed E-state index contributed by atoms with van der Waals surface area (Å²) < 4.78 is 0. The number of allylic oxidation sites excluding steroid dienone is 2. The van der Waals surface area contributed by atoms with E-state index in [0.29, 0.717) is 17.6 Å². The van der Waals surface area contributed by atoms with Crippen LogP contribution in [0.5, 0.6) is 0 Å². The van der Waals surface area contributed by atoms with E-state index in [-0.39, 0.29) is 0 Å². The summed E-state index contributed by atoms with van der Waals surface area (Å²) in [5.74, 6) is 1.59. The average molecular weight is 178 g/mol. The number of hydrogen-bond donors (Lipinski definition) is 0. The van der Waals surface area contributed by atoms with Gasteiger partial charge in [0.1, 0.15) is 5.78 Å². The number of fused-ring (bicyclic) bond motifs is 1. The summed E-state index contributed by atoms with van der Waals surface area (Å²) in [6, 6.07) is 0. The molecule has 0 aliphatic heterocycles. The van der Waals surface area contributed by atoms with E-state index in [1.165, 1.54) is 25.7 Å². The molecule has 1 saturated carbocycles. The van der Waals surface area contributed by atoms with Gasteiger partial charge in [-0.15, -0.1) is 0 Å². The molecule has 0 aromatic carbocycles. The molecule has 0 aromatic rings. The lowest BCUT2D eigenvalue weighted by Gasteiger charge is -2.23. The van der Waals surface area contributed by atoms with Crippen molar-refractivity contribution in [1.82, 2.24) is 0 Å². The van der Waals surface area contributed by atoms with Gasteiger partial charge in [0.15, 0.2) is 0 Å². The van der Waals surface area contributed by atoms with Crippen LogP contribution in [0.2, 0.25) is 0 Å². The lowest BCUT2D eigenvalue weighted by atomic mass is 9.82. The van der Waals surface area contributed by atoms with Gasteiger partial charge in [0.05, 0.1) is 0 Å². The number of ketones is 1. The molecule has 0 aromatic heterocycles. The number of rotatable bonds is 0. The van der Waals surface area contributed by atoms with Gasteiger partial charge in [-0.05, 0) is 31.1 Å². The lowest BCUT2D eigenvalue weighted by molar-refractivity contribution is -0.120. The van der Waals surface area contributed by atoms with Crippen molar-refractivity contribution < 1.29 is 4.79 Å². The molecule has 2 atom stereocenters. The van der Waals surface area contributed by atoms with Crippen LogP contribution in [0, 0.1) is 11.8 Å². The summed E-state index contributed by atoms with van der Waals surface area (Å²) in [4.78, 5) is 11.5. The van der Waals surface area contributed by atoms with E-state index >= 15 is 0 Å². The van der Waals surface area contributed by atoms with E-state index in [2.05, 4.69) is 13.0 Å². The van der Waals surface area contributed by atoms with Crippen LogP contribution in [-0.4, -0.2) is 5.78 Å². The molecule has 2 aliphatic carbocycles. The summed E-state index contributed by atoms with van der Waals surface area (Å²) in [6.45, 7) is 2.17. The fourth-order valence-electron chi connectivity index (χ4n) is 2.70. The Labute approximate surface area is 80.2 Å². The van der Waals surface area contributed by atoms with E-state index in [1.807, 2.05) is 0 Å². The Morgan fingerprint density at radius 3 is 3.00 bits per heavy atom. The van der Waals surface area contributed by atoms with Crippen LogP contribution in [0.15, 0.2) is 11.6 Å². The monoisotopic (exact) mass is 178 g/mol. The number of Topliss-reactive ketones (excluding diaryl/α,β-unsaturated/α-hetero) is 1. The number of hydrogen-bond acceptors (Lipinski definition) is 1. The molecular formula is C12H18O. The first-order valence-corrected chi connectivity index (χ1v) is 5.48. The van der Waals surface area contributed by atoms with E-state index in [1.54, 1.807) is 5.57 Å². The summed E-state index contributed by atoms with van der Waals surface area (Å²) in [6.07, 6.45) is 9.14. The molecule has 1 nitrogen and oxygen atoms in total. The first-order valence-electron chi connectivity index (χ1n) is 5.48. The van der Waals surface area contributed by atoms with E-state index < -0.39 is 0 Å². The maximum atomic E-state index is 11.5. The minimum atomic E-state index is 0.477. The van der Waals surface area contributed by atoms with E-state index in [9.17, 15) is 4.79 Å². The normalized spacial score (nSPS) is 34.8. The molecule has 0 amide bonds. The second kappa shape index (κ2) is 3.65. The third-order valence-corrected chi connectivity index (χ3v) is 3.31. The molecule has 0 bridgehead atoms. The Morgan fingerprint density at radius 1 is 1.31 bits per heavy atom. The molecule has 0 saturated heterocycles. The first-order chi connectivity index (χ1) is 6.25. The van der Waals surface area contributed by atoms with Crippen LogP contribution >= 0.6 is 0 Å². The Morgan fingerprint density at radius 2 is 2.15 bits per heavy atom. The summed E-state index contributed by atoms with van der Waals surface area (Å²) in [5, 5.41) is 0. The number of carbonyl (C=O) groups excluding carboxylic acids is 1. The van der Waals surface area contributed by atoms with Gasteiger partial charge in [-0.1, -0.05) is 25.0 Å². The largest absolute Gasteiger partial charge is 0.300 e. The van der Waals surface area contributed by atoms with Gasteiger partial charge >= 0.3 is 0 Å². The molecular weight excluding hydrogens is 160 g/mol. The van der Waals surface area contributed by atoms with Gasteiger partial charge in [-0.2, -0.15) is 0 Å². The Hall–Kier alpha value is -0.590. The van der Waals surface area contributed by atoms with Crippen molar-refractivity contribution in [2.45, 2.75) is 45.4 Å². The highest BCUT2D eigenvalue weighted by Gasteiger charge is 2.25. The fourth-order valence-corrected chi connectivity index (χ4v) is 2.70. The SMILES string of the molecule is C[C@@H]1C=C2CCCC[C@@H]2CC(=O)C1. The zero-order chi connectivity index (χ0) is 9.26. The minimum absolute atomic E-state index is 0.477. The van der Waals surface area contributed by atoms with Crippen LogP contribution < -0.4 is 0 Å². The molecule has 13 heavy (non-hydrogen) atoms. The van der Waals surface area contributed by atoms with Crippen molar-refractivity contribution in [2.75, 3.05) is 0 Å². The van der Waals surface area contributed by atoms with Crippen molar-refractivity contribution in [3.63, 3.8) is 0 Å². The lowest BCUT2D eigenvalue weighted by Crippen LogP contribution is -2.12. The Kier molecular flexibility index (Phi) is 2.52. The summed E-state index contributed by atoms with van der Waals surface area (Å²) in [7, 11) is 0. The molecule has 0 unspecified atom stereocenters. The highest BCUT2D eigenvalue weighted by atomic mass is 16.1. The van der Waals surface area contributed by atoms with Crippen molar-refractivity contribution in [3.8, 4) is 0 Å². The molecule has 2 rings (SSSR count). The second-order valence-corrected chi connectivity index (χ2v) is 4.61. The van der Waals surface area contributed by atoms with Gasteiger partial charge < -0.3 is 0 Å². The summed E-state index contributed by atoms with van der Waals surface area (Å²) >= 11 is 0. The van der Waals surface area contributed by atoms with Crippen molar-refractivity contribution in [1.29, 1.82) is 0 Å². The molecule has 0 heterocycles. The van der Waals surface area contributed by atoms with Crippen LogP contribution in [-0.2, 0) is 4.79 Å². The second-order valence-electron chi connectivity index (χ2n) is 4.61. The molecule has 0 N–H and O–H groups in total. The standard InChI is InChI=1S/C12H18O/c1-9-6-10-4-2-3-5-11(10)8-12(13)7-9/h6,9,11H,2-5,7-8H2,1H3/t9-,11-/m1/s1. The van der Waals surface area contributed by atoms with Crippen LogP contribution in [0.3, 0.4) is 0 Å². The highest BCUT2D eigenvalue weighted by Crippen LogP contribution is 2.35. The molecule has 0 spiro atoms. The number of carbonyl (C=O) groups is 1. The smallest absolute Gasteiger partial charge is 0.134 e. The Balaban J connectivity index is 2.17.